The molecule has 3 rings (SSSR count). The number of carbonyl (C=O) groups is 1. The highest BCUT2D eigenvalue weighted by Crippen LogP contribution is 2.24. The van der Waals surface area contributed by atoms with Crippen molar-refractivity contribution in [1.82, 2.24) is 14.5 Å². The van der Waals surface area contributed by atoms with E-state index >= 15 is 0 Å². The van der Waals surface area contributed by atoms with Crippen molar-refractivity contribution in [3.8, 4) is 11.3 Å². The molecule has 0 aliphatic heterocycles. The number of hydrogen-bond donors (Lipinski definition) is 1. The minimum absolute atomic E-state index is 0.00249. The fraction of sp³-hybridized carbons (Fsp3) is 0.222. The number of aromatic nitrogens is 3. The van der Waals surface area contributed by atoms with Crippen LogP contribution in [0.5, 0.6) is 0 Å². The smallest absolute Gasteiger partial charge is 0.330 e. The number of aromatic carboxylic acids is 1. The lowest BCUT2D eigenvalue weighted by Crippen LogP contribution is -2.34. The van der Waals surface area contributed by atoms with Gasteiger partial charge in [0.15, 0.2) is 5.65 Å². The van der Waals surface area contributed by atoms with Crippen LogP contribution in [0, 0.1) is 11.7 Å². The lowest BCUT2D eigenvalue weighted by Gasteiger charge is -2.15. The normalized spacial score (nSPS) is 11.2. The van der Waals surface area contributed by atoms with Gasteiger partial charge in [0, 0.05) is 17.7 Å². The lowest BCUT2D eigenvalue weighted by atomic mass is 10.1. The molecule has 0 unspecified atom stereocenters. The maximum absolute atomic E-state index is 14.1. The van der Waals surface area contributed by atoms with Crippen LogP contribution < -0.4 is 16.4 Å². The third kappa shape index (κ3) is 3.01. The van der Waals surface area contributed by atoms with Crippen LogP contribution in [-0.4, -0.2) is 20.5 Å². The van der Waals surface area contributed by atoms with Crippen LogP contribution in [0.4, 0.5) is 4.39 Å². The number of carboxylic acid groups (broad SMARTS) is 1. The molecule has 0 atom stereocenters. The molecule has 134 valence electrons. The van der Waals surface area contributed by atoms with Gasteiger partial charge in [0.05, 0.1) is 17.0 Å². The highest BCUT2D eigenvalue weighted by Gasteiger charge is 2.18. The number of pyridine rings is 1. The summed E-state index contributed by atoms with van der Waals surface area (Å²) in [5.74, 6) is -2.20. The van der Waals surface area contributed by atoms with Gasteiger partial charge in [-0.25, -0.2) is 14.2 Å². The Morgan fingerprint density at radius 2 is 2.00 bits per heavy atom. The summed E-state index contributed by atoms with van der Waals surface area (Å²) in [5, 5.41) is 11.3. The second-order valence-electron chi connectivity index (χ2n) is 6.28. The zero-order valence-electron chi connectivity index (χ0n) is 14.1. The first-order chi connectivity index (χ1) is 12.3. The van der Waals surface area contributed by atoms with Gasteiger partial charge < -0.3 is 9.90 Å². The molecular weight excluding hydrogens is 341 g/mol. The summed E-state index contributed by atoms with van der Waals surface area (Å²) in [4.78, 5) is 42.3. The van der Waals surface area contributed by atoms with E-state index in [1.165, 1.54) is 22.8 Å². The molecule has 0 fully saturated rings. The Hall–Kier alpha value is -3.29. The van der Waals surface area contributed by atoms with E-state index in [4.69, 9.17) is 0 Å². The number of halogens is 1. The van der Waals surface area contributed by atoms with Crippen LogP contribution in [0.15, 0.2) is 39.9 Å². The highest BCUT2D eigenvalue weighted by molar-refractivity contribution is 6.01. The van der Waals surface area contributed by atoms with Gasteiger partial charge in [0.2, 0.25) is 0 Å². The van der Waals surface area contributed by atoms with E-state index in [9.17, 15) is 23.9 Å². The summed E-state index contributed by atoms with van der Waals surface area (Å²) in [5.41, 5.74) is -2.10. The maximum Gasteiger partial charge on any atom is 0.330 e. The molecule has 0 aliphatic rings. The first-order valence-corrected chi connectivity index (χ1v) is 7.93. The zero-order chi connectivity index (χ0) is 19.0. The molecule has 0 amide bonds. The Bertz CT molecular complexity index is 1130. The summed E-state index contributed by atoms with van der Waals surface area (Å²) in [6.45, 7) is 3.90. The number of hydrogen-bond acceptors (Lipinski definition) is 5. The molecule has 2 aromatic heterocycles. The molecule has 0 saturated carbocycles. The first-order valence-electron chi connectivity index (χ1n) is 7.93. The fourth-order valence-corrected chi connectivity index (χ4v) is 2.78. The Morgan fingerprint density at radius 3 is 2.62 bits per heavy atom. The van der Waals surface area contributed by atoms with Crippen molar-refractivity contribution in [2.75, 3.05) is 0 Å². The third-order valence-corrected chi connectivity index (χ3v) is 3.87. The average molecular weight is 356 g/mol. The quantitative estimate of drug-likeness (QED) is 0.747. The van der Waals surface area contributed by atoms with E-state index in [0.29, 0.717) is 0 Å². The summed E-state index contributed by atoms with van der Waals surface area (Å²) >= 11 is 0. The van der Waals surface area contributed by atoms with Crippen molar-refractivity contribution in [1.29, 1.82) is 0 Å². The molecule has 7 nitrogen and oxygen atoms in total. The largest absolute Gasteiger partial charge is 0.545 e. The van der Waals surface area contributed by atoms with E-state index in [1.54, 1.807) is 6.07 Å². The summed E-state index contributed by atoms with van der Waals surface area (Å²) in [6.07, 6.45) is 0. The predicted molar refractivity (Wildman–Crippen MR) is 91.2 cm³/mol. The Kier molecular flexibility index (Phi) is 4.41. The van der Waals surface area contributed by atoms with Crippen molar-refractivity contribution in [3.05, 3.63) is 62.6 Å². The molecule has 0 saturated heterocycles. The molecule has 0 bridgehead atoms. The molecule has 0 spiro atoms. The van der Waals surface area contributed by atoms with E-state index in [2.05, 4.69) is 9.97 Å². The van der Waals surface area contributed by atoms with Gasteiger partial charge in [-0.3, -0.25) is 14.3 Å². The van der Waals surface area contributed by atoms with E-state index < -0.39 is 28.6 Å². The Balaban J connectivity index is 2.48. The number of carboxylic acids is 1. The van der Waals surface area contributed by atoms with Crippen molar-refractivity contribution in [2.24, 2.45) is 5.92 Å². The summed E-state index contributed by atoms with van der Waals surface area (Å²) in [7, 11) is 0. The minimum Gasteiger partial charge on any atom is -0.545 e. The SMILES string of the molecule is CC(C)Cn1c(=O)[nH]c(=O)c2c(C(=O)[O-])cc(-c3ccccc3F)nc21. The summed E-state index contributed by atoms with van der Waals surface area (Å²) < 4.78 is 15.3. The Morgan fingerprint density at radius 1 is 1.31 bits per heavy atom. The number of carbonyl (C=O) groups excluding carboxylic acids is 1. The van der Waals surface area contributed by atoms with Crippen LogP contribution in [0.3, 0.4) is 0 Å². The minimum atomic E-state index is -1.62. The van der Waals surface area contributed by atoms with Crippen LogP contribution in [-0.2, 0) is 6.54 Å². The number of aromatic amines is 1. The third-order valence-electron chi connectivity index (χ3n) is 3.87. The molecule has 0 aliphatic carbocycles. The van der Waals surface area contributed by atoms with Crippen molar-refractivity contribution in [2.45, 2.75) is 20.4 Å². The monoisotopic (exact) mass is 356 g/mol. The molecule has 2 heterocycles. The average Bonchev–Trinajstić information content (AvgIpc) is 2.57. The van der Waals surface area contributed by atoms with E-state index in [-0.39, 0.29) is 34.8 Å². The fourth-order valence-electron chi connectivity index (χ4n) is 2.78. The summed E-state index contributed by atoms with van der Waals surface area (Å²) in [6, 6.07) is 6.77. The number of fused-ring (bicyclic) bond motifs is 1. The van der Waals surface area contributed by atoms with Crippen LogP contribution in [0.25, 0.3) is 22.3 Å². The second kappa shape index (κ2) is 6.55. The van der Waals surface area contributed by atoms with Crippen LogP contribution in [0.1, 0.15) is 24.2 Å². The number of H-pyrrole nitrogens is 1. The van der Waals surface area contributed by atoms with Crippen molar-refractivity contribution >= 4 is 17.0 Å². The van der Waals surface area contributed by atoms with Gasteiger partial charge in [-0.05, 0) is 24.1 Å². The zero-order valence-corrected chi connectivity index (χ0v) is 14.1. The van der Waals surface area contributed by atoms with Crippen molar-refractivity contribution in [3.63, 3.8) is 0 Å². The lowest BCUT2D eigenvalue weighted by molar-refractivity contribution is -0.254. The number of nitrogens with one attached hydrogen (secondary N) is 1. The van der Waals surface area contributed by atoms with Gasteiger partial charge >= 0.3 is 5.69 Å². The standard InChI is InChI=1S/C18H16FN3O4/c1-9(2)8-22-15-14(16(23)21-18(22)26)11(17(24)25)7-13(20-15)10-5-3-4-6-12(10)19/h3-7,9H,8H2,1-2H3,(H,24,25)(H,21,23,26)/p-1. The predicted octanol–water partition coefficient (Wildman–Crippen LogP) is 0.910. The molecule has 1 aromatic carbocycles. The molecule has 8 heteroatoms. The Labute approximate surface area is 146 Å². The molecule has 1 N–H and O–H groups in total. The van der Waals surface area contributed by atoms with Gasteiger partial charge in [-0.1, -0.05) is 26.0 Å². The highest BCUT2D eigenvalue weighted by atomic mass is 19.1. The van der Waals surface area contributed by atoms with Gasteiger partial charge in [0.1, 0.15) is 5.82 Å². The van der Waals surface area contributed by atoms with Crippen LogP contribution >= 0.6 is 0 Å². The first kappa shape index (κ1) is 17.5. The molecule has 0 radical (unpaired) electrons. The van der Waals surface area contributed by atoms with E-state index in [0.717, 1.165) is 6.07 Å². The van der Waals surface area contributed by atoms with E-state index in [1.807, 2.05) is 13.8 Å². The second-order valence-corrected chi connectivity index (χ2v) is 6.28. The van der Waals surface area contributed by atoms with Gasteiger partial charge in [0.25, 0.3) is 5.56 Å². The molecule has 3 aromatic rings. The van der Waals surface area contributed by atoms with Gasteiger partial charge in [-0.2, -0.15) is 0 Å². The number of benzene rings is 1. The topological polar surface area (TPSA) is 108 Å². The van der Waals surface area contributed by atoms with Crippen molar-refractivity contribution < 1.29 is 14.3 Å². The molecular formula is C18H15FN3O4-. The molecule has 26 heavy (non-hydrogen) atoms. The maximum atomic E-state index is 14.1. The number of nitrogens with zero attached hydrogens (tertiary/aromatic N) is 2. The van der Waals surface area contributed by atoms with Gasteiger partial charge in [-0.15, -0.1) is 0 Å². The van der Waals surface area contributed by atoms with Crippen LogP contribution in [0.2, 0.25) is 0 Å². The number of rotatable bonds is 4.